The topological polar surface area (TPSA) is 46.6 Å². The Balaban J connectivity index is 2.00. The van der Waals surface area contributed by atoms with Crippen LogP contribution >= 0.6 is 11.8 Å². The number of likely N-dealkylation sites (tertiary alicyclic amines) is 1. The Hall–Kier alpha value is -0.710. The van der Waals surface area contributed by atoms with Crippen LogP contribution < -0.4 is 0 Å². The molecule has 2 heterocycles. The van der Waals surface area contributed by atoms with E-state index in [1.54, 1.807) is 11.8 Å². The summed E-state index contributed by atoms with van der Waals surface area (Å²) in [5.74, 6) is 0.953. The van der Waals surface area contributed by atoms with Gasteiger partial charge in [-0.05, 0) is 38.4 Å². The van der Waals surface area contributed by atoms with Gasteiger partial charge < -0.3 is 9.64 Å². The summed E-state index contributed by atoms with van der Waals surface area (Å²) in [6, 6.07) is 0. The third kappa shape index (κ3) is 2.66. The molecule has 2 aliphatic rings. The Morgan fingerprint density at radius 2 is 2.17 bits per heavy atom. The van der Waals surface area contributed by atoms with Crippen molar-refractivity contribution >= 4 is 23.6 Å². The summed E-state index contributed by atoms with van der Waals surface area (Å²) in [6.45, 7) is 3.35. The molecule has 0 N–H and O–H groups in total. The number of carbonyl (C=O) groups is 2. The van der Waals surface area contributed by atoms with Crippen LogP contribution in [0.1, 0.15) is 32.6 Å². The van der Waals surface area contributed by atoms with Crippen LogP contribution in [0, 0.1) is 5.92 Å². The van der Waals surface area contributed by atoms with Crippen molar-refractivity contribution in [2.45, 2.75) is 37.4 Å². The highest BCUT2D eigenvalue weighted by atomic mass is 32.2. The smallest absolute Gasteiger partial charge is 0.310 e. The average Bonchev–Trinajstić information content (AvgIpc) is 2.85. The Morgan fingerprint density at radius 1 is 1.39 bits per heavy atom. The SMILES string of the molecule is COC(=O)C1CCCN(C(=O)C2(C)CCCS2)C1. The summed E-state index contributed by atoms with van der Waals surface area (Å²) in [7, 11) is 1.41. The minimum Gasteiger partial charge on any atom is -0.469 e. The average molecular weight is 271 g/mol. The number of rotatable bonds is 2. The van der Waals surface area contributed by atoms with Gasteiger partial charge in [0.15, 0.2) is 0 Å². The summed E-state index contributed by atoms with van der Waals surface area (Å²) >= 11 is 1.75. The van der Waals surface area contributed by atoms with Gasteiger partial charge in [-0.3, -0.25) is 9.59 Å². The zero-order valence-corrected chi connectivity index (χ0v) is 11.9. The molecule has 2 aliphatic heterocycles. The standard InChI is InChI=1S/C13H21NO3S/c1-13(6-4-8-18-13)12(16)14-7-3-5-10(9-14)11(15)17-2/h10H,3-9H2,1-2H3. The van der Waals surface area contributed by atoms with Crippen molar-refractivity contribution in [3.8, 4) is 0 Å². The van der Waals surface area contributed by atoms with Crippen molar-refractivity contribution in [1.82, 2.24) is 4.90 Å². The Kier molecular flexibility index (Phi) is 4.20. The summed E-state index contributed by atoms with van der Waals surface area (Å²) < 4.78 is 4.52. The molecule has 4 nitrogen and oxygen atoms in total. The van der Waals surface area contributed by atoms with E-state index < -0.39 is 0 Å². The molecule has 0 saturated carbocycles. The van der Waals surface area contributed by atoms with Crippen LogP contribution in [0.4, 0.5) is 0 Å². The molecular formula is C13H21NO3S. The molecule has 2 unspecified atom stereocenters. The quantitative estimate of drug-likeness (QED) is 0.717. The fraction of sp³-hybridized carbons (Fsp3) is 0.846. The van der Waals surface area contributed by atoms with Gasteiger partial charge in [-0.15, -0.1) is 11.8 Å². The number of nitrogens with zero attached hydrogens (tertiary/aromatic N) is 1. The second-order valence-electron chi connectivity index (χ2n) is 5.30. The highest BCUT2D eigenvalue weighted by Gasteiger charge is 2.41. The summed E-state index contributed by atoms with van der Waals surface area (Å²) in [5.41, 5.74) is 0. The Bertz CT molecular complexity index is 339. The van der Waals surface area contributed by atoms with E-state index in [4.69, 9.17) is 4.74 Å². The van der Waals surface area contributed by atoms with E-state index in [1.807, 2.05) is 11.8 Å². The van der Waals surface area contributed by atoms with Crippen molar-refractivity contribution in [2.75, 3.05) is 26.0 Å². The second kappa shape index (κ2) is 5.51. The van der Waals surface area contributed by atoms with E-state index in [-0.39, 0.29) is 22.5 Å². The molecule has 0 aliphatic carbocycles. The normalized spacial score (nSPS) is 32.3. The third-order valence-corrected chi connectivity index (χ3v) is 5.42. The van der Waals surface area contributed by atoms with Crippen molar-refractivity contribution in [1.29, 1.82) is 0 Å². The van der Waals surface area contributed by atoms with E-state index in [0.29, 0.717) is 6.54 Å². The van der Waals surface area contributed by atoms with Gasteiger partial charge in [0.1, 0.15) is 0 Å². The number of piperidine rings is 1. The van der Waals surface area contributed by atoms with E-state index in [9.17, 15) is 9.59 Å². The van der Waals surface area contributed by atoms with E-state index in [0.717, 1.165) is 38.0 Å². The minimum absolute atomic E-state index is 0.136. The van der Waals surface area contributed by atoms with Crippen LogP contribution in [0.15, 0.2) is 0 Å². The molecule has 0 bridgehead atoms. The number of esters is 1. The molecule has 2 saturated heterocycles. The third-order valence-electron chi connectivity index (χ3n) is 3.91. The lowest BCUT2D eigenvalue weighted by molar-refractivity contribution is -0.149. The van der Waals surface area contributed by atoms with Crippen LogP contribution in [-0.2, 0) is 14.3 Å². The summed E-state index contributed by atoms with van der Waals surface area (Å²) in [4.78, 5) is 26.0. The van der Waals surface area contributed by atoms with E-state index in [1.165, 1.54) is 7.11 Å². The minimum atomic E-state index is -0.266. The number of hydrogen-bond donors (Lipinski definition) is 0. The van der Waals surface area contributed by atoms with Crippen molar-refractivity contribution in [2.24, 2.45) is 5.92 Å². The number of hydrogen-bond acceptors (Lipinski definition) is 4. The number of ether oxygens (including phenoxy) is 1. The molecule has 102 valence electrons. The maximum atomic E-state index is 12.5. The van der Waals surface area contributed by atoms with Gasteiger partial charge in [0.25, 0.3) is 0 Å². The lowest BCUT2D eigenvalue weighted by Gasteiger charge is -2.36. The maximum Gasteiger partial charge on any atom is 0.310 e. The first-order valence-corrected chi connectivity index (χ1v) is 7.56. The Morgan fingerprint density at radius 3 is 2.78 bits per heavy atom. The highest BCUT2D eigenvalue weighted by Crippen LogP contribution is 2.39. The predicted octanol–water partition coefficient (Wildman–Crippen LogP) is 1.68. The molecule has 5 heteroatoms. The van der Waals surface area contributed by atoms with Gasteiger partial charge in [0.05, 0.1) is 17.8 Å². The molecule has 0 aromatic rings. The lowest BCUT2D eigenvalue weighted by atomic mass is 9.95. The van der Waals surface area contributed by atoms with E-state index in [2.05, 4.69) is 0 Å². The molecule has 18 heavy (non-hydrogen) atoms. The molecule has 2 rings (SSSR count). The van der Waals surface area contributed by atoms with Gasteiger partial charge in [0.2, 0.25) is 5.91 Å². The van der Waals surface area contributed by atoms with Gasteiger partial charge in [0, 0.05) is 13.1 Å². The van der Waals surface area contributed by atoms with Crippen molar-refractivity contribution in [3.05, 3.63) is 0 Å². The maximum absolute atomic E-state index is 12.5. The van der Waals surface area contributed by atoms with Gasteiger partial charge in [-0.25, -0.2) is 0 Å². The first-order chi connectivity index (χ1) is 8.57. The highest BCUT2D eigenvalue weighted by molar-refractivity contribution is 8.01. The number of thioether (sulfide) groups is 1. The molecule has 0 spiro atoms. The van der Waals surface area contributed by atoms with Crippen LogP contribution in [0.25, 0.3) is 0 Å². The van der Waals surface area contributed by atoms with Crippen molar-refractivity contribution in [3.63, 3.8) is 0 Å². The fourth-order valence-electron chi connectivity index (χ4n) is 2.80. The van der Waals surface area contributed by atoms with Crippen molar-refractivity contribution < 1.29 is 14.3 Å². The largest absolute Gasteiger partial charge is 0.469 e. The molecule has 0 aromatic carbocycles. The van der Waals surface area contributed by atoms with Crippen LogP contribution in [0.5, 0.6) is 0 Å². The van der Waals surface area contributed by atoms with E-state index >= 15 is 0 Å². The Labute approximate surface area is 112 Å². The van der Waals surface area contributed by atoms with Crippen LogP contribution in [-0.4, -0.2) is 47.5 Å². The molecule has 0 radical (unpaired) electrons. The number of methoxy groups -OCH3 is 1. The summed E-state index contributed by atoms with van der Waals surface area (Å²) in [5, 5.41) is 0. The lowest BCUT2D eigenvalue weighted by Crippen LogP contribution is -2.49. The first-order valence-electron chi connectivity index (χ1n) is 6.58. The molecular weight excluding hydrogens is 250 g/mol. The molecule has 2 atom stereocenters. The summed E-state index contributed by atoms with van der Waals surface area (Å²) in [6.07, 6.45) is 3.80. The predicted molar refractivity (Wildman–Crippen MR) is 71.4 cm³/mol. The van der Waals surface area contributed by atoms with Gasteiger partial charge in [-0.1, -0.05) is 0 Å². The monoisotopic (exact) mass is 271 g/mol. The number of amides is 1. The zero-order chi connectivity index (χ0) is 13.2. The molecule has 1 amide bonds. The molecule has 0 aromatic heterocycles. The van der Waals surface area contributed by atoms with Gasteiger partial charge >= 0.3 is 5.97 Å². The first kappa shape index (κ1) is 13.7. The fourth-order valence-corrected chi connectivity index (χ4v) is 4.08. The van der Waals surface area contributed by atoms with Gasteiger partial charge in [-0.2, -0.15) is 0 Å². The zero-order valence-electron chi connectivity index (χ0n) is 11.1. The number of carbonyl (C=O) groups excluding carboxylic acids is 2. The van der Waals surface area contributed by atoms with Crippen LogP contribution in [0.3, 0.4) is 0 Å². The molecule has 2 fully saturated rings. The van der Waals surface area contributed by atoms with Crippen LogP contribution in [0.2, 0.25) is 0 Å². The second-order valence-corrected chi connectivity index (χ2v) is 6.89.